The molecule has 1 N–H and O–H groups in total. The zero-order valence-corrected chi connectivity index (χ0v) is 9.11. The second-order valence-electron chi connectivity index (χ2n) is 4.39. The molecule has 84 valence electrons. The highest BCUT2D eigenvalue weighted by molar-refractivity contribution is 6.18. The SMILES string of the molecule is O=C(O)C(C1CC1)N1CC(CCl)CC1=O. The number of carbonyl (C=O) groups is 2. The molecule has 0 aromatic heterocycles. The van der Waals surface area contributed by atoms with E-state index < -0.39 is 12.0 Å². The molecule has 4 nitrogen and oxygen atoms in total. The van der Waals surface area contributed by atoms with Crippen LogP contribution in [0.25, 0.3) is 0 Å². The van der Waals surface area contributed by atoms with Crippen molar-refractivity contribution in [2.75, 3.05) is 12.4 Å². The second-order valence-corrected chi connectivity index (χ2v) is 4.70. The van der Waals surface area contributed by atoms with Crippen LogP contribution in [0.5, 0.6) is 0 Å². The van der Waals surface area contributed by atoms with E-state index in [4.69, 9.17) is 16.7 Å². The Labute approximate surface area is 93.2 Å². The quantitative estimate of drug-likeness (QED) is 0.733. The van der Waals surface area contributed by atoms with Gasteiger partial charge in [0.25, 0.3) is 0 Å². The molecular weight excluding hydrogens is 218 g/mol. The van der Waals surface area contributed by atoms with Crippen LogP contribution < -0.4 is 0 Å². The average Bonchev–Trinajstić information content (AvgIpc) is 2.92. The van der Waals surface area contributed by atoms with Gasteiger partial charge in [-0.25, -0.2) is 4.79 Å². The molecular formula is C10H14ClNO3. The lowest BCUT2D eigenvalue weighted by molar-refractivity contribution is -0.149. The summed E-state index contributed by atoms with van der Waals surface area (Å²) in [7, 11) is 0. The highest BCUT2D eigenvalue weighted by Gasteiger charge is 2.45. The van der Waals surface area contributed by atoms with Crippen molar-refractivity contribution in [1.82, 2.24) is 4.90 Å². The zero-order chi connectivity index (χ0) is 11.0. The van der Waals surface area contributed by atoms with Crippen molar-refractivity contribution in [3.8, 4) is 0 Å². The number of nitrogens with zero attached hydrogens (tertiary/aromatic N) is 1. The van der Waals surface area contributed by atoms with E-state index in [1.165, 1.54) is 4.90 Å². The summed E-state index contributed by atoms with van der Waals surface area (Å²) < 4.78 is 0. The Hall–Kier alpha value is -0.770. The molecule has 2 fully saturated rings. The van der Waals surface area contributed by atoms with Gasteiger partial charge >= 0.3 is 5.97 Å². The Morgan fingerprint density at radius 3 is 2.67 bits per heavy atom. The number of hydrogen-bond acceptors (Lipinski definition) is 2. The fourth-order valence-electron chi connectivity index (χ4n) is 2.18. The summed E-state index contributed by atoms with van der Waals surface area (Å²) in [5.41, 5.74) is 0. The van der Waals surface area contributed by atoms with Crippen molar-refractivity contribution in [1.29, 1.82) is 0 Å². The summed E-state index contributed by atoms with van der Waals surface area (Å²) in [4.78, 5) is 24.2. The lowest BCUT2D eigenvalue weighted by Crippen LogP contribution is -2.43. The van der Waals surface area contributed by atoms with Gasteiger partial charge < -0.3 is 10.0 Å². The lowest BCUT2D eigenvalue weighted by Gasteiger charge is -2.24. The number of halogens is 1. The average molecular weight is 232 g/mol. The number of carboxylic acid groups (broad SMARTS) is 1. The molecule has 1 aliphatic carbocycles. The maximum absolute atomic E-state index is 11.6. The van der Waals surface area contributed by atoms with Gasteiger partial charge in [-0.1, -0.05) is 0 Å². The van der Waals surface area contributed by atoms with Gasteiger partial charge in [-0.3, -0.25) is 4.79 Å². The third-order valence-electron chi connectivity index (χ3n) is 3.11. The summed E-state index contributed by atoms with van der Waals surface area (Å²) in [6.45, 7) is 0.510. The van der Waals surface area contributed by atoms with Gasteiger partial charge in [-0.15, -0.1) is 11.6 Å². The van der Waals surface area contributed by atoms with Crippen LogP contribution in [0.3, 0.4) is 0 Å². The molecule has 2 aliphatic rings. The summed E-state index contributed by atoms with van der Waals surface area (Å²) in [6, 6.07) is -0.606. The molecule has 0 aromatic rings. The Kier molecular flexibility index (Phi) is 2.87. The van der Waals surface area contributed by atoms with Gasteiger partial charge in [0.1, 0.15) is 6.04 Å². The van der Waals surface area contributed by atoms with E-state index in [9.17, 15) is 9.59 Å². The highest BCUT2D eigenvalue weighted by Crippen LogP contribution is 2.37. The van der Waals surface area contributed by atoms with Crippen molar-refractivity contribution in [3.05, 3.63) is 0 Å². The lowest BCUT2D eigenvalue weighted by atomic mass is 10.1. The Bertz CT molecular complexity index is 290. The monoisotopic (exact) mass is 231 g/mol. The maximum Gasteiger partial charge on any atom is 0.326 e. The Balaban J connectivity index is 2.07. The first-order valence-corrected chi connectivity index (χ1v) is 5.75. The normalized spacial score (nSPS) is 28.2. The maximum atomic E-state index is 11.6. The highest BCUT2D eigenvalue weighted by atomic mass is 35.5. The van der Waals surface area contributed by atoms with E-state index in [0.717, 1.165) is 12.8 Å². The van der Waals surface area contributed by atoms with Crippen LogP contribution >= 0.6 is 11.6 Å². The first kappa shape index (κ1) is 10.7. The minimum absolute atomic E-state index is 0.0556. The second kappa shape index (κ2) is 4.00. The van der Waals surface area contributed by atoms with Gasteiger partial charge in [-0.2, -0.15) is 0 Å². The van der Waals surface area contributed by atoms with Gasteiger partial charge in [0.05, 0.1) is 0 Å². The van der Waals surface area contributed by atoms with Crippen LogP contribution in [0.1, 0.15) is 19.3 Å². The first-order valence-electron chi connectivity index (χ1n) is 5.21. The Morgan fingerprint density at radius 2 is 2.27 bits per heavy atom. The molecule has 1 aliphatic heterocycles. The molecule has 1 saturated carbocycles. The minimum Gasteiger partial charge on any atom is -0.480 e. The van der Waals surface area contributed by atoms with Crippen LogP contribution in [-0.4, -0.2) is 40.3 Å². The van der Waals surface area contributed by atoms with Gasteiger partial charge in [-0.05, 0) is 24.7 Å². The first-order chi connectivity index (χ1) is 7.13. The van der Waals surface area contributed by atoms with E-state index in [0.29, 0.717) is 18.8 Å². The number of alkyl halides is 1. The van der Waals surface area contributed by atoms with E-state index in [1.54, 1.807) is 0 Å². The third kappa shape index (κ3) is 2.09. The summed E-state index contributed by atoms with van der Waals surface area (Å²) in [6.07, 6.45) is 2.25. The van der Waals surface area contributed by atoms with Crippen LogP contribution in [0.2, 0.25) is 0 Å². The van der Waals surface area contributed by atoms with E-state index in [1.807, 2.05) is 0 Å². The topological polar surface area (TPSA) is 57.6 Å². The molecule has 5 heteroatoms. The molecule has 0 bridgehead atoms. The van der Waals surface area contributed by atoms with Crippen LogP contribution in [-0.2, 0) is 9.59 Å². The molecule has 15 heavy (non-hydrogen) atoms. The largest absolute Gasteiger partial charge is 0.480 e. The van der Waals surface area contributed by atoms with Crippen molar-refractivity contribution in [2.45, 2.75) is 25.3 Å². The van der Waals surface area contributed by atoms with Crippen molar-refractivity contribution in [2.24, 2.45) is 11.8 Å². The summed E-state index contributed by atoms with van der Waals surface area (Å²) in [5, 5.41) is 9.09. The van der Waals surface area contributed by atoms with Crippen molar-refractivity contribution < 1.29 is 14.7 Å². The van der Waals surface area contributed by atoms with Gasteiger partial charge in [0, 0.05) is 18.8 Å². The number of hydrogen-bond donors (Lipinski definition) is 1. The number of carboxylic acids is 1. The predicted octanol–water partition coefficient (Wildman–Crippen LogP) is 0.937. The Morgan fingerprint density at radius 1 is 1.60 bits per heavy atom. The fraction of sp³-hybridized carbons (Fsp3) is 0.800. The summed E-state index contributed by atoms with van der Waals surface area (Å²) >= 11 is 5.69. The molecule has 1 heterocycles. The summed E-state index contributed by atoms with van der Waals surface area (Å²) in [5.74, 6) is -0.208. The smallest absolute Gasteiger partial charge is 0.326 e. The van der Waals surface area contributed by atoms with Gasteiger partial charge in [0.2, 0.25) is 5.91 Å². The number of rotatable bonds is 4. The van der Waals surface area contributed by atoms with E-state index in [-0.39, 0.29) is 17.7 Å². The number of carbonyl (C=O) groups excluding carboxylic acids is 1. The molecule has 2 atom stereocenters. The van der Waals surface area contributed by atoms with E-state index >= 15 is 0 Å². The molecule has 0 spiro atoms. The van der Waals surface area contributed by atoms with E-state index in [2.05, 4.69) is 0 Å². The third-order valence-corrected chi connectivity index (χ3v) is 3.55. The minimum atomic E-state index is -0.874. The van der Waals surface area contributed by atoms with Crippen molar-refractivity contribution >= 4 is 23.5 Å². The fourth-order valence-corrected chi connectivity index (χ4v) is 2.39. The standard InChI is InChI=1S/C10H14ClNO3/c11-4-6-3-8(13)12(5-6)9(10(14)15)7-1-2-7/h6-7,9H,1-5H2,(H,14,15). The van der Waals surface area contributed by atoms with Crippen LogP contribution in [0.4, 0.5) is 0 Å². The predicted molar refractivity (Wildman–Crippen MR) is 54.7 cm³/mol. The molecule has 0 aromatic carbocycles. The molecule has 0 radical (unpaired) electrons. The molecule has 2 rings (SSSR count). The van der Waals surface area contributed by atoms with Crippen LogP contribution in [0, 0.1) is 11.8 Å². The number of likely N-dealkylation sites (tertiary alicyclic amines) is 1. The van der Waals surface area contributed by atoms with Crippen LogP contribution in [0.15, 0.2) is 0 Å². The molecule has 2 unspecified atom stereocenters. The van der Waals surface area contributed by atoms with Crippen molar-refractivity contribution in [3.63, 3.8) is 0 Å². The number of aliphatic carboxylic acids is 1. The molecule has 1 amide bonds. The zero-order valence-electron chi connectivity index (χ0n) is 8.36. The molecule has 1 saturated heterocycles. The number of amides is 1. The van der Waals surface area contributed by atoms with Gasteiger partial charge in [0.15, 0.2) is 0 Å².